The molecule has 3 rings (SSSR count). The number of aryl methyl sites for hydroxylation is 1. The third-order valence-electron chi connectivity index (χ3n) is 5.29. The summed E-state index contributed by atoms with van der Waals surface area (Å²) >= 11 is 1.93. The summed E-state index contributed by atoms with van der Waals surface area (Å²) in [5, 5.41) is 0.704. The maximum absolute atomic E-state index is 12.7. The average Bonchev–Trinajstić information content (AvgIpc) is 2.82. The van der Waals surface area contributed by atoms with Crippen molar-refractivity contribution < 1.29 is 13.2 Å². The van der Waals surface area contributed by atoms with Gasteiger partial charge in [0.1, 0.15) is 0 Å². The predicted molar refractivity (Wildman–Crippen MR) is 98.1 cm³/mol. The zero-order valence-corrected chi connectivity index (χ0v) is 15.9. The second-order valence-corrected chi connectivity index (χ2v) is 10.1. The largest absolute Gasteiger partial charge is 0.337 e. The molecule has 2 fully saturated rings. The van der Waals surface area contributed by atoms with E-state index >= 15 is 0 Å². The van der Waals surface area contributed by atoms with E-state index in [0.29, 0.717) is 35.1 Å². The van der Waals surface area contributed by atoms with Crippen LogP contribution in [0.3, 0.4) is 0 Å². The molecule has 2 saturated heterocycles. The molecule has 2 unspecified atom stereocenters. The van der Waals surface area contributed by atoms with Gasteiger partial charge in [0.05, 0.1) is 4.90 Å². The monoisotopic (exact) mass is 367 g/mol. The molecule has 1 aromatic rings. The van der Waals surface area contributed by atoms with Gasteiger partial charge in [0.2, 0.25) is 5.91 Å². The highest BCUT2D eigenvalue weighted by atomic mass is 32.2. The Morgan fingerprint density at radius 1 is 1.17 bits per heavy atom. The summed E-state index contributed by atoms with van der Waals surface area (Å²) in [6.45, 7) is 0. The minimum Gasteiger partial charge on any atom is -0.337 e. The van der Waals surface area contributed by atoms with Crippen LogP contribution in [-0.2, 0) is 21.1 Å². The Bertz CT molecular complexity index is 685. The normalized spacial score (nSPS) is 26.6. The third-order valence-corrected chi connectivity index (χ3v) is 7.47. The lowest BCUT2D eigenvalue weighted by Crippen LogP contribution is -2.47. The van der Waals surface area contributed by atoms with Gasteiger partial charge < -0.3 is 4.90 Å². The second kappa shape index (κ2) is 7.08. The van der Waals surface area contributed by atoms with Crippen LogP contribution in [0.15, 0.2) is 29.2 Å². The Morgan fingerprint density at radius 2 is 1.75 bits per heavy atom. The van der Waals surface area contributed by atoms with Gasteiger partial charge in [0, 0.05) is 30.0 Å². The highest BCUT2D eigenvalue weighted by molar-refractivity contribution is 7.99. The zero-order valence-electron chi connectivity index (χ0n) is 14.3. The van der Waals surface area contributed by atoms with Crippen molar-refractivity contribution in [2.75, 3.05) is 12.5 Å². The van der Waals surface area contributed by atoms with Crippen LogP contribution in [0.25, 0.3) is 0 Å². The van der Waals surface area contributed by atoms with Gasteiger partial charge >= 0.3 is 0 Å². The lowest BCUT2D eigenvalue weighted by molar-refractivity contribution is -0.135. The van der Waals surface area contributed by atoms with Crippen LogP contribution in [0.2, 0.25) is 0 Å². The fraction of sp³-hybridized carbons (Fsp3) is 0.611. The number of sulfone groups is 1. The minimum absolute atomic E-state index is 0.259. The highest BCUT2D eigenvalue weighted by Crippen LogP contribution is 2.39. The Labute approximate surface area is 148 Å². The summed E-state index contributed by atoms with van der Waals surface area (Å²) in [5.41, 5.74) is 1.02. The first-order chi connectivity index (χ1) is 11.4. The molecule has 2 bridgehead atoms. The molecule has 2 atom stereocenters. The number of carbonyl (C=O) groups is 1. The Morgan fingerprint density at radius 3 is 2.25 bits per heavy atom. The molecular weight excluding hydrogens is 342 g/mol. The second-order valence-electron chi connectivity index (χ2n) is 6.93. The number of hydrogen-bond acceptors (Lipinski definition) is 4. The average molecular weight is 368 g/mol. The number of rotatable bonds is 5. The van der Waals surface area contributed by atoms with E-state index in [0.717, 1.165) is 31.2 Å². The quantitative estimate of drug-likeness (QED) is 0.803. The Kier molecular flexibility index (Phi) is 5.25. The molecule has 2 aliphatic heterocycles. The van der Waals surface area contributed by atoms with E-state index in [1.54, 1.807) is 12.1 Å². The number of fused-ring (bicyclic) bond motifs is 2. The summed E-state index contributed by atoms with van der Waals surface area (Å²) in [5.74, 6) is 0.259. The van der Waals surface area contributed by atoms with E-state index in [1.165, 1.54) is 6.26 Å². The first kappa shape index (κ1) is 17.8. The Hall–Kier alpha value is -1.01. The molecule has 0 radical (unpaired) electrons. The van der Waals surface area contributed by atoms with Crippen LogP contribution in [0.1, 0.15) is 37.7 Å². The van der Waals surface area contributed by atoms with E-state index < -0.39 is 9.84 Å². The van der Waals surface area contributed by atoms with Crippen LogP contribution >= 0.6 is 11.8 Å². The molecule has 0 saturated carbocycles. The van der Waals surface area contributed by atoms with Crippen molar-refractivity contribution in [1.29, 1.82) is 0 Å². The smallest absolute Gasteiger partial charge is 0.223 e. The molecule has 0 aromatic heterocycles. The number of amides is 1. The first-order valence-corrected chi connectivity index (χ1v) is 11.7. The van der Waals surface area contributed by atoms with Crippen LogP contribution in [0.5, 0.6) is 0 Å². The van der Waals surface area contributed by atoms with Crippen molar-refractivity contribution in [1.82, 2.24) is 4.90 Å². The summed E-state index contributed by atoms with van der Waals surface area (Å²) in [6, 6.07) is 7.75. The van der Waals surface area contributed by atoms with E-state index in [9.17, 15) is 13.2 Å². The SMILES string of the molecule is CSC1CC2CCC(C1)N2C(=O)CCc1ccc(S(C)(=O)=O)cc1. The molecule has 132 valence electrons. The Balaban J connectivity index is 1.58. The number of nitrogens with zero attached hydrogens (tertiary/aromatic N) is 1. The van der Waals surface area contributed by atoms with Crippen molar-refractivity contribution in [2.24, 2.45) is 0 Å². The number of benzene rings is 1. The third kappa shape index (κ3) is 3.80. The highest BCUT2D eigenvalue weighted by Gasteiger charge is 2.42. The van der Waals surface area contributed by atoms with Crippen molar-refractivity contribution in [3.63, 3.8) is 0 Å². The lowest BCUT2D eigenvalue weighted by Gasteiger charge is -2.38. The topological polar surface area (TPSA) is 54.5 Å². The first-order valence-electron chi connectivity index (χ1n) is 8.51. The molecule has 4 nitrogen and oxygen atoms in total. The van der Waals surface area contributed by atoms with Gasteiger partial charge in [0.25, 0.3) is 0 Å². The summed E-state index contributed by atoms with van der Waals surface area (Å²) in [7, 11) is -3.16. The van der Waals surface area contributed by atoms with E-state index in [2.05, 4.69) is 11.2 Å². The number of thioether (sulfide) groups is 1. The maximum Gasteiger partial charge on any atom is 0.223 e. The maximum atomic E-state index is 12.7. The molecule has 0 spiro atoms. The molecule has 24 heavy (non-hydrogen) atoms. The van der Waals surface area contributed by atoms with Crippen LogP contribution < -0.4 is 0 Å². The molecule has 6 heteroatoms. The molecule has 0 N–H and O–H groups in total. The number of hydrogen-bond donors (Lipinski definition) is 0. The van der Waals surface area contributed by atoms with E-state index in [4.69, 9.17) is 0 Å². The fourth-order valence-electron chi connectivity index (χ4n) is 4.01. The molecule has 1 aromatic carbocycles. The lowest BCUT2D eigenvalue weighted by atomic mass is 10.0. The standard InChI is InChI=1S/C18H25NO3S2/c1-23-16-11-14-6-7-15(12-16)19(14)18(20)10-5-13-3-8-17(9-4-13)24(2,21)22/h3-4,8-9,14-16H,5-7,10-12H2,1-2H3. The van der Waals surface area contributed by atoms with Gasteiger partial charge in [-0.3, -0.25) is 4.79 Å². The van der Waals surface area contributed by atoms with Gasteiger partial charge in [0.15, 0.2) is 9.84 Å². The number of carbonyl (C=O) groups excluding carboxylic acids is 1. The summed E-state index contributed by atoms with van der Waals surface area (Å²) in [6.07, 6.45) is 9.12. The van der Waals surface area contributed by atoms with Crippen molar-refractivity contribution in [2.45, 2.75) is 60.8 Å². The van der Waals surface area contributed by atoms with Gasteiger partial charge in [-0.05, 0) is 56.1 Å². The zero-order chi connectivity index (χ0) is 17.3. The van der Waals surface area contributed by atoms with Gasteiger partial charge in [-0.25, -0.2) is 8.42 Å². The van der Waals surface area contributed by atoms with E-state index in [-0.39, 0.29) is 5.91 Å². The van der Waals surface area contributed by atoms with Crippen LogP contribution in [0.4, 0.5) is 0 Å². The van der Waals surface area contributed by atoms with E-state index in [1.807, 2.05) is 23.9 Å². The van der Waals surface area contributed by atoms with Gasteiger partial charge in [-0.15, -0.1) is 0 Å². The molecular formula is C18H25NO3S2. The summed E-state index contributed by atoms with van der Waals surface area (Å²) in [4.78, 5) is 15.2. The van der Waals surface area contributed by atoms with Gasteiger partial charge in [-0.2, -0.15) is 11.8 Å². The predicted octanol–water partition coefficient (Wildman–Crippen LogP) is 2.91. The minimum atomic E-state index is -3.16. The fourth-order valence-corrected chi connectivity index (χ4v) is 5.47. The van der Waals surface area contributed by atoms with Gasteiger partial charge in [-0.1, -0.05) is 12.1 Å². The van der Waals surface area contributed by atoms with Crippen LogP contribution in [-0.4, -0.2) is 49.1 Å². The molecule has 2 heterocycles. The van der Waals surface area contributed by atoms with Crippen molar-refractivity contribution in [3.05, 3.63) is 29.8 Å². The van der Waals surface area contributed by atoms with Crippen molar-refractivity contribution >= 4 is 27.5 Å². The molecule has 2 aliphatic rings. The van der Waals surface area contributed by atoms with Crippen molar-refractivity contribution in [3.8, 4) is 0 Å². The molecule has 0 aliphatic carbocycles. The summed E-state index contributed by atoms with van der Waals surface area (Å²) < 4.78 is 23.0. The molecule has 1 amide bonds. The van der Waals surface area contributed by atoms with Crippen LogP contribution in [0, 0.1) is 0 Å². The number of piperidine rings is 1.